The highest BCUT2D eigenvalue weighted by Gasteiger charge is 2.31. The lowest BCUT2D eigenvalue weighted by molar-refractivity contribution is -0.137. The molecule has 1 saturated heterocycles. The molecular weight excluding hydrogens is 411 g/mol. The van der Waals surface area contributed by atoms with E-state index in [2.05, 4.69) is 35.4 Å². The van der Waals surface area contributed by atoms with Gasteiger partial charge in [-0.1, -0.05) is 11.6 Å². The first-order chi connectivity index (χ1) is 13.9. The van der Waals surface area contributed by atoms with E-state index in [1.54, 1.807) is 7.05 Å². The lowest BCUT2D eigenvalue weighted by atomic mass is 9.96. The van der Waals surface area contributed by atoms with E-state index in [0.717, 1.165) is 43.8 Å². The van der Waals surface area contributed by atoms with Crippen molar-refractivity contribution in [1.29, 1.82) is 0 Å². The van der Waals surface area contributed by atoms with Crippen molar-refractivity contribution in [3.63, 3.8) is 0 Å². The minimum Gasteiger partial charge on any atom is -0.475 e. The number of piperidine rings is 1. The van der Waals surface area contributed by atoms with Crippen LogP contribution in [-0.2, 0) is 6.18 Å². The second-order valence-corrected chi connectivity index (χ2v) is 6.87. The number of nitrogens with one attached hydrogen (secondary N) is 2. The zero-order valence-electron chi connectivity index (χ0n) is 15.7. The number of H-pyrrole nitrogens is 1. The maximum atomic E-state index is 12.6. The standard InChI is InChI=1S/C17H21ClF3N7O/c1-22-16(28-5-2-11(3-6-28)14-25-10-26-27-14)23-4-7-29-15-13(18)8-12(9-24-15)17(19,20)21/h8-11H,2-7H2,1H3,(H,22,23)(H,25,26,27). The maximum absolute atomic E-state index is 12.6. The lowest BCUT2D eigenvalue weighted by Crippen LogP contribution is -2.46. The number of likely N-dealkylation sites (tertiary alicyclic amines) is 1. The van der Waals surface area contributed by atoms with Crippen LogP contribution in [0.3, 0.4) is 0 Å². The summed E-state index contributed by atoms with van der Waals surface area (Å²) in [5, 5.41) is 9.81. The predicted molar refractivity (Wildman–Crippen MR) is 101 cm³/mol. The predicted octanol–water partition coefficient (Wildman–Crippen LogP) is 2.71. The molecule has 0 spiro atoms. The van der Waals surface area contributed by atoms with E-state index in [0.29, 0.717) is 18.7 Å². The number of pyridine rings is 1. The van der Waals surface area contributed by atoms with Gasteiger partial charge in [0.2, 0.25) is 5.88 Å². The Balaban J connectivity index is 1.44. The van der Waals surface area contributed by atoms with Crippen LogP contribution in [0, 0.1) is 0 Å². The number of hydrogen-bond acceptors (Lipinski definition) is 5. The van der Waals surface area contributed by atoms with Crippen LogP contribution < -0.4 is 10.1 Å². The average molecular weight is 432 g/mol. The summed E-state index contributed by atoms with van der Waals surface area (Å²) in [7, 11) is 1.69. The Kier molecular flexibility index (Phi) is 6.78. The van der Waals surface area contributed by atoms with Gasteiger partial charge < -0.3 is 15.0 Å². The van der Waals surface area contributed by atoms with Crippen molar-refractivity contribution < 1.29 is 17.9 Å². The minimum atomic E-state index is -4.50. The van der Waals surface area contributed by atoms with Crippen molar-refractivity contribution in [2.45, 2.75) is 24.9 Å². The van der Waals surface area contributed by atoms with Crippen LogP contribution in [-0.4, -0.2) is 64.3 Å². The van der Waals surface area contributed by atoms with Gasteiger partial charge in [0.15, 0.2) is 5.96 Å². The van der Waals surface area contributed by atoms with Gasteiger partial charge in [0, 0.05) is 32.3 Å². The number of ether oxygens (including phenoxy) is 1. The van der Waals surface area contributed by atoms with Crippen LogP contribution in [0.1, 0.15) is 30.1 Å². The summed E-state index contributed by atoms with van der Waals surface area (Å²) in [4.78, 5) is 14.3. The Labute approximate surface area is 170 Å². The van der Waals surface area contributed by atoms with Gasteiger partial charge in [-0.15, -0.1) is 0 Å². The fourth-order valence-corrected chi connectivity index (χ4v) is 3.33. The molecule has 2 aromatic heterocycles. The van der Waals surface area contributed by atoms with Gasteiger partial charge in [0.05, 0.1) is 12.1 Å². The van der Waals surface area contributed by atoms with Gasteiger partial charge in [-0.3, -0.25) is 10.1 Å². The topological polar surface area (TPSA) is 91.3 Å². The van der Waals surface area contributed by atoms with E-state index in [4.69, 9.17) is 16.3 Å². The minimum absolute atomic E-state index is 0.0377. The van der Waals surface area contributed by atoms with Crippen LogP contribution in [0.25, 0.3) is 0 Å². The van der Waals surface area contributed by atoms with Crippen LogP contribution in [0.5, 0.6) is 5.88 Å². The molecule has 0 radical (unpaired) electrons. The fraction of sp³-hybridized carbons (Fsp3) is 0.529. The lowest BCUT2D eigenvalue weighted by Gasteiger charge is -2.33. The Morgan fingerprint density at radius 1 is 1.38 bits per heavy atom. The number of alkyl halides is 3. The number of guanidine groups is 1. The van der Waals surface area contributed by atoms with E-state index >= 15 is 0 Å². The van der Waals surface area contributed by atoms with Crippen molar-refractivity contribution in [2.75, 3.05) is 33.3 Å². The number of aromatic amines is 1. The smallest absolute Gasteiger partial charge is 0.417 e. The number of aliphatic imine (C=N–C) groups is 1. The second-order valence-electron chi connectivity index (χ2n) is 6.46. The fourth-order valence-electron chi connectivity index (χ4n) is 3.11. The van der Waals surface area contributed by atoms with E-state index in [1.807, 2.05) is 0 Å². The molecule has 0 amide bonds. The Bertz CT molecular complexity index is 821. The Hall–Kier alpha value is -2.56. The van der Waals surface area contributed by atoms with Crippen molar-refractivity contribution in [3.8, 4) is 5.88 Å². The van der Waals surface area contributed by atoms with Crippen molar-refractivity contribution in [2.24, 2.45) is 4.99 Å². The molecule has 1 aliphatic heterocycles. The molecule has 158 valence electrons. The first kappa shape index (κ1) is 21.2. The summed E-state index contributed by atoms with van der Waals surface area (Å²) in [6, 6.07) is 0.801. The zero-order chi connectivity index (χ0) is 20.9. The summed E-state index contributed by atoms with van der Waals surface area (Å²) < 4.78 is 43.3. The molecule has 0 unspecified atom stereocenters. The van der Waals surface area contributed by atoms with Crippen LogP contribution in [0.2, 0.25) is 5.02 Å². The molecule has 12 heteroatoms. The van der Waals surface area contributed by atoms with Gasteiger partial charge >= 0.3 is 6.18 Å². The van der Waals surface area contributed by atoms with Gasteiger partial charge in [-0.2, -0.15) is 18.3 Å². The monoisotopic (exact) mass is 431 g/mol. The summed E-state index contributed by atoms with van der Waals surface area (Å²) in [5.41, 5.74) is -0.915. The molecule has 3 rings (SSSR count). The van der Waals surface area contributed by atoms with Gasteiger partial charge in [0.1, 0.15) is 23.8 Å². The van der Waals surface area contributed by atoms with Crippen molar-refractivity contribution in [3.05, 3.63) is 35.0 Å². The third-order valence-electron chi connectivity index (χ3n) is 4.59. The van der Waals surface area contributed by atoms with Gasteiger partial charge in [-0.25, -0.2) is 9.97 Å². The summed E-state index contributed by atoms with van der Waals surface area (Å²) in [6.07, 6.45) is -0.425. The first-order valence-corrected chi connectivity index (χ1v) is 9.42. The third kappa shape index (κ3) is 5.49. The molecule has 29 heavy (non-hydrogen) atoms. The molecule has 0 aromatic carbocycles. The number of nitrogens with zero attached hydrogens (tertiary/aromatic N) is 5. The van der Waals surface area contributed by atoms with E-state index < -0.39 is 11.7 Å². The molecule has 1 aliphatic rings. The molecule has 1 fully saturated rings. The van der Waals surface area contributed by atoms with E-state index in [-0.39, 0.29) is 17.5 Å². The highest BCUT2D eigenvalue weighted by Crippen LogP contribution is 2.33. The summed E-state index contributed by atoms with van der Waals surface area (Å²) in [6.45, 7) is 2.20. The molecule has 0 atom stereocenters. The number of rotatable bonds is 5. The van der Waals surface area contributed by atoms with E-state index in [9.17, 15) is 13.2 Å². The Morgan fingerprint density at radius 2 is 2.14 bits per heavy atom. The first-order valence-electron chi connectivity index (χ1n) is 9.05. The summed E-state index contributed by atoms with van der Waals surface area (Å²) in [5.74, 6) is 1.95. The molecule has 0 saturated carbocycles. The highest BCUT2D eigenvalue weighted by atomic mass is 35.5. The molecular formula is C17H21ClF3N7O. The largest absolute Gasteiger partial charge is 0.475 e. The molecule has 3 heterocycles. The Morgan fingerprint density at radius 3 is 2.72 bits per heavy atom. The van der Waals surface area contributed by atoms with Gasteiger partial charge in [0.25, 0.3) is 0 Å². The molecule has 2 aromatic rings. The van der Waals surface area contributed by atoms with Crippen LogP contribution >= 0.6 is 11.6 Å². The molecule has 0 bridgehead atoms. The third-order valence-corrected chi connectivity index (χ3v) is 4.86. The normalized spacial score (nSPS) is 16.2. The SMILES string of the molecule is CN=C(NCCOc1ncc(C(F)(F)F)cc1Cl)N1CCC(c2ncn[nH]2)CC1. The number of aromatic nitrogens is 4. The van der Waals surface area contributed by atoms with Crippen LogP contribution in [0.15, 0.2) is 23.6 Å². The van der Waals surface area contributed by atoms with E-state index in [1.165, 1.54) is 6.33 Å². The zero-order valence-corrected chi connectivity index (χ0v) is 16.5. The molecule has 8 nitrogen and oxygen atoms in total. The second kappa shape index (κ2) is 9.29. The van der Waals surface area contributed by atoms with Crippen LogP contribution in [0.4, 0.5) is 13.2 Å². The van der Waals surface area contributed by atoms with Crippen molar-refractivity contribution in [1.82, 2.24) is 30.4 Å². The molecule has 2 N–H and O–H groups in total. The van der Waals surface area contributed by atoms with Gasteiger partial charge in [-0.05, 0) is 18.9 Å². The van der Waals surface area contributed by atoms with Crippen molar-refractivity contribution >= 4 is 17.6 Å². The maximum Gasteiger partial charge on any atom is 0.417 e. The quantitative estimate of drug-likeness (QED) is 0.429. The molecule has 0 aliphatic carbocycles. The highest BCUT2D eigenvalue weighted by molar-refractivity contribution is 6.31. The number of hydrogen-bond donors (Lipinski definition) is 2. The summed E-state index contributed by atoms with van der Waals surface area (Å²) >= 11 is 5.83. The average Bonchev–Trinajstić information content (AvgIpc) is 3.23. The number of halogens is 4.